The van der Waals surface area contributed by atoms with Gasteiger partial charge in [-0.1, -0.05) is 235 Å². The number of ether oxygens (including phenoxy) is 3. The van der Waals surface area contributed by atoms with Crippen LogP contribution in [0.15, 0.2) is 0 Å². The fraction of sp³-hybridized carbons (Fsp3) is 0.957. The zero-order valence-corrected chi connectivity index (χ0v) is 47.5. The van der Waals surface area contributed by atoms with E-state index >= 15 is 0 Å². The van der Waals surface area contributed by atoms with Crippen molar-refractivity contribution in [2.75, 3.05) is 48.8 Å². The van der Waals surface area contributed by atoms with Crippen molar-refractivity contribution in [1.82, 2.24) is 10.6 Å². The molecule has 0 atom stereocenters. The van der Waals surface area contributed by atoms with E-state index in [4.69, 9.17) is 0 Å². The smallest absolute Gasteiger partial charge is 0.218 e. The Kier molecular flexibility index (Phi) is 2400. The van der Waals surface area contributed by atoms with Gasteiger partial charge in [-0.25, -0.2) is 0 Å². The van der Waals surface area contributed by atoms with Gasteiger partial charge in [-0.3, -0.25) is 9.59 Å². The molecular formula is C46H132N2O5. The SMILES string of the molecule is CC.CC.CC.CC.CC.CC.CC.CC.CC.CC.CC.CC.CC.CC.CC.CC.CC.CCOC.CNC(C)=O.COC.COCNC(C)=O. The lowest BCUT2D eigenvalue weighted by Gasteiger charge is -1.95. The Balaban J connectivity index is -0.0000000109. The maximum absolute atomic E-state index is 10.0. The van der Waals surface area contributed by atoms with Crippen molar-refractivity contribution < 1.29 is 23.8 Å². The highest BCUT2D eigenvalue weighted by molar-refractivity contribution is 5.72. The summed E-state index contributed by atoms with van der Waals surface area (Å²) in [5.41, 5.74) is 0. The van der Waals surface area contributed by atoms with Crippen LogP contribution in [-0.2, 0) is 23.8 Å². The second-order valence-electron chi connectivity index (χ2n) is 2.96. The number of rotatable bonds is 3. The van der Waals surface area contributed by atoms with Gasteiger partial charge in [-0.15, -0.1) is 0 Å². The fourth-order valence-corrected chi connectivity index (χ4v) is 0.174. The zero-order chi connectivity index (χ0) is 50.1. The zero-order valence-electron chi connectivity index (χ0n) is 47.5. The number of carbonyl (C=O) groups is 2. The van der Waals surface area contributed by atoms with E-state index < -0.39 is 0 Å². The summed E-state index contributed by atoms with van der Waals surface area (Å²) >= 11 is 0. The van der Waals surface area contributed by atoms with Crippen LogP contribution in [0.2, 0.25) is 0 Å². The molecule has 0 aliphatic carbocycles. The first-order chi connectivity index (χ1) is 25.9. The number of hydrogen-bond acceptors (Lipinski definition) is 5. The van der Waals surface area contributed by atoms with Crippen molar-refractivity contribution in [2.45, 2.75) is 256 Å². The second kappa shape index (κ2) is 903. The number of amides is 2. The summed E-state index contributed by atoms with van der Waals surface area (Å²) in [7, 11) is 8.05. The van der Waals surface area contributed by atoms with Crippen LogP contribution >= 0.6 is 0 Å². The molecule has 0 aromatic carbocycles. The Morgan fingerprint density at radius 1 is 0.358 bits per heavy atom. The molecule has 2 N–H and O–H groups in total. The number of nitrogens with one attached hydrogen (secondary N) is 2. The van der Waals surface area contributed by atoms with Crippen LogP contribution in [-0.4, -0.2) is 60.6 Å². The Labute approximate surface area is 350 Å². The molecule has 0 aromatic rings. The highest BCUT2D eigenvalue weighted by Crippen LogP contribution is 1.59. The molecule has 0 unspecified atom stereocenters. The summed E-state index contributed by atoms with van der Waals surface area (Å²) in [6.45, 7) is 74.0. The standard InChI is InChI=1S/C4H9NO2.C3H7NO.C3H8O.C2H6O.17C2H6/c1-4(6)5-3-7-2;1-3(5)4-2;1-3-4-2;1-3-2;17*1-2/h3H2,1-2H3,(H,5,6);1-2H3,(H,4,5);3H2,1-2H3;1-2H3;17*1-2H3. The average molecular weight is 794 g/mol. The molecule has 7 nitrogen and oxygen atoms in total. The monoisotopic (exact) mass is 793 g/mol. The maximum atomic E-state index is 10.0. The molecule has 0 aliphatic heterocycles. The third-order valence-electron chi connectivity index (χ3n) is 1.11. The fourth-order valence-electron chi connectivity index (χ4n) is 0.174. The van der Waals surface area contributed by atoms with E-state index in [1.807, 2.05) is 242 Å². The molecule has 0 aromatic heterocycles. The lowest BCUT2D eigenvalue weighted by Crippen LogP contribution is -2.21. The highest BCUT2D eigenvalue weighted by atomic mass is 16.5. The summed E-state index contributed by atoms with van der Waals surface area (Å²) in [4.78, 5) is 19.7. The van der Waals surface area contributed by atoms with Crippen LogP contribution in [0, 0.1) is 0 Å². The first-order valence-corrected chi connectivity index (χ1v) is 22.7. The molecule has 0 radical (unpaired) electrons. The molecule has 0 spiro atoms. The molecule has 7 heteroatoms. The van der Waals surface area contributed by atoms with Gasteiger partial charge in [-0.2, -0.15) is 0 Å². The average Bonchev–Trinajstić information content (AvgIpc) is 3.32. The van der Waals surface area contributed by atoms with Crippen molar-refractivity contribution >= 4 is 11.8 Å². The predicted octanol–water partition coefficient (Wildman–Crippen LogP) is 17.8. The minimum atomic E-state index is -0.0677. The van der Waals surface area contributed by atoms with E-state index in [2.05, 4.69) is 24.8 Å². The van der Waals surface area contributed by atoms with E-state index in [0.717, 1.165) is 6.61 Å². The molecule has 0 aliphatic rings. The van der Waals surface area contributed by atoms with Gasteiger partial charge in [0.25, 0.3) is 0 Å². The molecule has 356 valence electrons. The molecule has 2 amide bonds. The van der Waals surface area contributed by atoms with Crippen LogP contribution < -0.4 is 10.6 Å². The van der Waals surface area contributed by atoms with Crippen LogP contribution in [0.25, 0.3) is 0 Å². The van der Waals surface area contributed by atoms with Gasteiger partial charge in [0.1, 0.15) is 6.73 Å². The lowest BCUT2D eigenvalue weighted by atomic mass is 10.7. The molecule has 0 saturated carbocycles. The third-order valence-corrected chi connectivity index (χ3v) is 1.11. The second-order valence-corrected chi connectivity index (χ2v) is 2.96. The van der Waals surface area contributed by atoms with Crippen molar-refractivity contribution in [3.8, 4) is 0 Å². The van der Waals surface area contributed by atoms with Gasteiger partial charge in [0.15, 0.2) is 0 Å². The molecule has 53 heavy (non-hydrogen) atoms. The normalized spacial score (nSPS) is 4.57. The van der Waals surface area contributed by atoms with Crippen molar-refractivity contribution in [1.29, 1.82) is 0 Å². The molecule has 0 rings (SSSR count). The maximum Gasteiger partial charge on any atom is 0.218 e. The van der Waals surface area contributed by atoms with Gasteiger partial charge >= 0.3 is 0 Å². The van der Waals surface area contributed by atoms with E-state index in [1.54, 1.807) is 28.4 Å². The van der Waals surface area contributed by atoms with Crippen molar-refractivity contribution in [3.63, 3.8) is 0 Å². The third kappa shape index (κ3) is 3580. The Hall–Kier alpha value is -1.18. The van der Waals surface area contributed by atoms with Crippen LogP contribution in [0.1, 0.15) is 256 Å². The van der Waals surface area contributed by atoms with Crippen LogP contribution in [0.4, 0.5) is 0 Å². The lowest BCUT2D eigenvalue weighted by molar-refractivity contribution is -0.120. The molecular weight excluding hydrogens is 661 g/mol. The molecule has 0 heterocycles. The van der Waals surface area contributed by atoms with Gasteiger partial charge in [0.05, 0.1) is 0 Å². The van der Waals surface area contributed by atoms with Crippen LogP contribution in [0.3, 0.4) is 0 Å². The van der Waals surface area contributed by atoms with Gasteiger partial charge in [0, 0.05) is 55.9 Å². The quantitative estimate of drug-likeness (QED) is 0.278. The molecule has 0 bridgehead atoms. The van der Waals surface area contributed by atoms with Gasteiger partial charge < -0.3 is 24.8 Å². The Morgan fingerprint density at radius 2 is 0.472 bits per heavy atom. The summed E-state index contributed by atoms with van der Waals surface area (Å²) < 4.78 is 13.3. The Bertz CT molecular complexity index is 187. The van der Waals surface area contributed by atoms with Gasteiger partial charge in [0.2, 0.25) is 11.8 Å². The topological polar surface area (TPSA) is 85.9 Å². The van der Waals surface area contributed by atoms with E-state index in [-0.39, 0.29) is 11.8 Å². The molecule has 0 fully saturated rings. The summed E-state index contributed by atoms with van der Waals surface area (Å²) in [6, 6.07) is 0. The van der Waals surface area contributed by atoms with Crippen LogP contribution in [0.5, 0.6) is 0 Å². The summed E-state index contributed by atoms with van der Waals surface area (Å²) in [5, 5.41) is 4.82. The Morgan fingerprint density at radius 3 is 0.491 bits per heavy atom. The largest absolute Gasteiger partial charge is 0.388 e. The number of hydrogen-bond donors (Lipinski definition) is 2. The van der Waals surface area contributed by atoms with Gasteiger partial charge in [-0.05, 0) is 6.92 Å². The highest BCUT2D eigenvalue weighted by Gasteiger charge is 1.82. The van der Waals surface area contributed by atoms with E-state index in [9.17, 15) is 9.59 Å². The minimum absolute atomic E-state index is 0.00463. The van der Waals surface area contributed by atoms with Crippen molar-refractivity contribution in [2.24, 2.45) is 0 Å². The first-order valence-electron chi connectivity index (χ1n) is 22.7. The van der Waals surface area contributed by atoms with E-state index in [1.165, 1.54) is 21.0 Å². The molecule has 0 saturated heterocycles. The first kappa shape index (κ1) is 141. The minimum Gasteiger partial charge on any atom is -0.388 e. The van der Waals surface area contributed by atoms with E-state index in [0.29, 0.717) is 6.73 Å². The van der Waals surface area contributed by atoms with Crippen molar-refractivity contribution in [3.05, 3.63) is 0 Å². The summed E-state index contributed by atoms with van der Waals surface area (Å²) in [6.07, 6.45) is 0. The summed E-state index contributed by atoms with van der Waals surface area (Å²) in [5.74, 6) is -0.0631. The number of methoxy groups -OCH3 is 3. The number of carbonyl (C=O) groups excluding carboxylic acids is 2. The predicted molar refractivity (Wildman–Crippen MR) is 269 cm³/mol.